The molecule has 0 bridgehead atoms. The van der Waals surface area contributed by atoms with Crippen LogP contribution in [-0.4, -0.2) is 12.4 Å². The summed E-state index contributed by atoms with van der Waals surface area (Å²) in [6.45, 7) is 0. The first-order valence-corrected chi connectivity index (χ1v) is 4.45. The fraction of sp³-hybridized carbons (Fsp3) is 0. The number of rotatable bonds is 3. The molecular formula is C12H10N2. The molecule has 0 heterocycles. The maximum atomic E-state index is 3.93. The lowest BCUT2D eigenvalue weighted by molar-refractivity contribution is 1.23. The quantitative estimate of drug-likeness (QED) is 0.470. The largest absolute Gasteiger partial charge is 0.163 e. The fourth-order valence-corrected chi connectivity index (χ4v) is 1.15. The molecule has 0 spiro atoms. The van der Waals surface area contributed by atoms with E-state index in [1.165, 1.54) is 0 Å². The standard InChI is InChI=1S/C12H10N2/c1-2-6-11(5-1)9-13-14-10-12-7-3-4-8-12/h1-10H/b13-9+,14-10+. The Labute approximate surface area is 86.5 Å². The molecule has 2 nitrogen and oxygen atoms in total. The SMILES string of the molecule is [CH]1[CH][CH][C](/C=N/N=C/[C]2[CH][CH][CH][CH]2)[CH]1. The van der Waals surface area contributed by atoms with E-state index in [1.54, 1.807) is 12.4 Å². The van der Waals surface area contributed by atoms with Crippen molar-refractivity contribution in [3.63, 3.8) is 0 Å². The monoisotopic (exact) mass is 182 g/mol. The first-order valence-electron chi connectivity index (χ1n) is 4.45. The lowest BCUT2D eigenvalue weighted by atomic mass is 10.1. The molecule has 0 saturated heterocycles. The summed E-state index contributed by atoms with van der Waals surface area (Å²) in [5, 5.41) is 7.87. The van der Waals surface area contributed by atoms with Crippen molar-refractivity contribution in [2.45, 2.75) is 0 Å². The summed E-state index contributed by atoms with van der Waals surface area (Å²) in [7, 11) is 0. The Hall–Kier alpha value is -0.660. The maximum absolute atomic E-state index is 3.93. The second-order valence-electron chi connectivity index (χ2n) is 2.93. The molecule has 2 aliphatic rings. The average molecular weight is 182 g/mol. The van der Waals surface area contributed by atoms with Crippen molar-refractivity contribution in [2.75, 3.05) is 0 Å². The van der Waals surface area contributed by atoms with Gasteiger partial charge in [0.1, 0.15) is 0 Å². The Kier molecular flexibility index (Phi) is 3.72. The van der Waals surface area contributed by atoms with Crippen LogP contribution in [0, 0.1) is 63.2 Å². The molecule has 0 unspecified atom stereocenters. The number of nitrogens with zero attached hydrogens (tertiary/aromatic N) is 2. The minimum absolute atomic E-state index is 1.07. The molecule has 2 saturated carbocycles. The van der Waals surface area contributed by atoms with Gasteiger partial charge in [-0.1, -0.05) is 0 Å². The Morgan fingerprint density at radius 2 is 1.00 bits per heavy atom. The minimum Gasteiger partial charge on any atom is -0.163 e. The highest BCUT2D eigenvalue weighted by molar-refractivity contribution is 5.85. The van der Waals surface area contributed by atoms with Gasteiger partial charge in [0.2, 0.25) is 0 Å². The predicted molar refractivity (Wildman–Crippen MR) is 57.9 cm³/mol. The van der Waals surface area contributed by atoms with Crippen molar-refractivity contribution in [1.82, 2.24) is 0 Å². The van der Waals surface area contributed by atoms with Crippen molar-refractivity contribution < 1.29 is 0 Å². The van der Waals surface area contributed by atoms with Crippen LogP contribution in [0.5, 0.6) is 0 Å². The van der Waals surface area contributed by atoms with E-state index in [-0.39, 0.29) is 0 Å². The Morgan fingerprint density at radius 3 is 1.36 bits per heavy atom. The molecule has 68 valence electrons. The third kappa shape index (κ3) is 2.93. The van der Waals surface area contributed by atoms with Gasteiger partial charge >= 0.3 is 0 Å². The molecule has 2 fully saturated rings. The van der Waals surface area contributed by atoms with Crippen molar-refractivity contribution in [2.24, 2.45) is 10.2 Å². The third-order valence-electron chi connectivity index (χ3n) is 1.86. The van der Waals surface area contributed by atoms with E-state index in [0.29, 0.717) is 0 Å². The second-order valence-corrected chi connectivity index (χ2v) is 2.93. The summed E-state index contributed by atoms with van der Waals surface area (Å²) in [5.41, 5.74) is 0. The van der Waals surface area contributed by atoms with Gasteiger partial charge in [-0.15, -0.1) is 0 Å². The van der Waals surface area contributed by atoms with Gasteiger partial charge in [0.15, 0.2) is 0 Å². The summed E-state index contributed by atoms with van der Waals surface area (Å²) >= 11 is 0. The van der Waals surface area contributed by atoms with E-state index in [2.05, 4.69) is 10.2 Å². The highest BCUT2D eigenvalue weighted by Crippen LogP contribution is 2.21. The molecule has 0 aromatic carbocycles. The molecule has 0 amide bonds. The molecule has 0 atom stereocenters. The highest BCUT2D eigenvalue weighted by atomic mass is 15.2. The molecule has 2 heteroatoms. The normalized spacial score (nSPS) is 26.0. The molecule has 0 aromatic rings. The van der Waals surface area contributed by atoms with Crippen LogP contribution in [0.2, 0.25) is 0 Å². The Morgan fingerprint density at radius 1 is 0.643 bits per heavy atom. The van der Waals surface area contributed by atoms with E-state index in [4.69, 9.17) is 0 Å². The van der Waals surface area contributed by atoms with Gasteiger partial charge in [0.05, 0.1) is 0 Å². The van der Waals surface area contributed by atoms with Crippen LogP contribution in [0.25, 0.3) is 0 Å². The van der Waals surface area contributed by atoms with Crippen molar-refractivity contribution in [3.8, 4) is 0 Å². The van der Waals surface area contributed by atoms with Gasteiger partial charge in [-0.2, -0.15) is 10.2 Å². The van der Waals surface area contributed by atoms with Gasteiger partial charge in [0.25, 0.3) is 0 Å². The van der Waals surface area contributed by atoms with Crippen LogP contribution in [0.3, 0.4) is 0 Å². The molecule has 0 N–H and O–H groups in total. The van der Waals surface area contributed by atoms with Gasteiger partial charge in [-0.05, 0) is 51.4 Å². The van der Waals surface area contributed by atoms with Crippen LogP contribution >= 0.6 is 0 Å². The highest BCUT2D eigenvalue weighted by Gasteiger charge is 2.15. The molecule has 14 heavy (non-hydrogen) atoms. The Balaban J connectivity index is 1.69. The smallest absolute Gasteiger partial charge is 0.0347 e. The lowest BCUT2D eigenvalue weighted by Crippen LogP contribution is -1.93. The maximum Gasteiger partial charge on any atom is 0.0347 e. The zero-order valence-corrected chi connectivity index (χ0v) is 7.67. The van der Waals surface area contributed by atoms with Gasteiger partial charge in [-0.25, -0.2) is 0 Å². The first-order chi connectivity index (χ1) is 6.95. The third-order valence-corrected chi connectivity index (χ3v) is 1.86. The van der Waals surface area contributed by atoms with Gasteiger partial charge in [0, 0.05) is 24.3 Å². The van der Waals surface area contributed by atoms with E-state index < -0.39 is 0 Å². The van der Waals surface area contributed by atoms with E-state index in [0.717, 1.165) is 11.8 Å². The summed E-state index contributed by atoms with van der Waals surface area (Å²) in [4.78, 5) is 0. The van der Waals surface area contributed by atoms with Gasteiger partial charge < -0.3 is 0 Å². The van der Waals surface area contributed by atoms with Crippen LogP contribution in [0.15, 0.2) is 10.2 Å². The summed E-state index contributed by atoms with van der Waals surface area (Å²) in [6, 6.07) is 0. The second kappa shape index (κ2) is 5.28. The summed E-state index contributed by atoms with van der Waals surface area (Å²) < 4.78 is 0. The Bertz CT molecular complexity index is 184. The summed E-state index contributed by atoms with van der Waals surface area (Å²) in [5.74, 6) is 2.15. The van der Waals surface area contributed by atoms with E-state index in [9.17, 15) is 0 Å². The number of hydrogen-bond acceptors (Lipinski definition) is 2. The first kappa shape index (κ1) is 9.88. The topological polar surface area (TPSA) is 24.7 Å². The summed E-state index contributed by atoms with van der Waals surface area (Å²) in [6.07, 6.45) is 19.3. The number of hydrogen-bond donors (Lipinski definition) is 0. The molecule has 10 radical (unpaired) electrons. The van der Waals surface area contributed by atoms with Crippen LogP contribution in [0.1, 0.15) is 0 Å². The van der Waals surface area contributed by atoms with Crippen LogP contribution in [0.4, 0.5) is 0 Å². The van der Waals surface area contributed by atoms with Gasteiger partial charge in [-0.3, -0.25) is 0 Å². The molecule has 0 aliphatic heterocycles. The van der Waals surface area contributed by atoms with Crippen molar-refractivity contribution in [1.29, 1.82) is 0 Å². The van der Waals surface area contributed by atoms with E-state index in [1.807, 2.05) is 51.4 Å². The zero-order valence-electron chi connectivity index (χ0n) is 7.67. The van der Waals surface area contributed by atoms with E-state index >= 15 is 0 Å². The molecule has 2 rings (SSSR count). The van der Waals surface area contributed by atoms with Crippen molar-refractivity contribution >= 4 is 12.4 Å². The average Bonchev–Trinajstić information content (AvgIpc) is 2.86. The molecular weight excluding hydrogens is 172 g/mol. The molecule has 0 aromatic heterocycles. The zero-order chi connectivity index (χ0) is 9.64. The fourth-order valence-electron chi connectivity index (χ4n) is 1.15. The minimum atomic E-state index is 1.07. The van der Waals surface area contributed by atoms with Crippen LogP contribution < -0.4 is 0 Å². The lowest BCUT2D eigenvalue weighted by Gasteiger charge is -1.96. The van der Waals surface area contributed by atoms with Crippen molar-refractivity contribution in [3.05, 3.63) is 63.2 Å². The van der Waals surface area contributed by atoms with Crippen LogP contribution in [-0.2, 0) is 0 Å². The predicted octanol–water partition coefficient (Wildman–Crippen LogP) is 1.85. The molecule has 2 aliphatic carbocycles.